The minimum Gasteiger partial charge on any atom is -0.480 e. The van der Waals surface area contributed by atoms with Gasteiger partial charge in [-0.25, -0.2) is 9.78 Å². The van der Waals surface area contributed by atoms with Gasteiger partial charge >= 0.3 is 11.9 Å². The summed E-state index contributed by atoms with van der Waals surface area (Å²) in [5.41, 5.74) is 2.49. The number of benzene rings is 1. The van der Waals surface area contributed by atoms with Crippen LogP contribution in [0.15, 0.2) is 35.6 Å². The lowest BCUT2D eigenvalue weighted by atomic mass is 10.1. The van der Waals surface area contributed by atoms with Gasteiger partial charge in [-0.3, -0.25) is 4.79 Å². The number of imidazole rings is 1. The number of rotatable bonds is 8. The molecule has 0 saturated heterocycles. The Labute approximate surface area is 144 Å². The van der Waals surface area contributed by atoms with E-state index >= 15 is 0 Å². The van der Waals surface area contributed by atoms with Crippen LogP contribution in [0.3, 0.4) is 0 Å². The maximum atomic E-state index is 11.6. The molecule has 0 aliphatic carbocycles. The zero-order valence-corrected chi connectivity index (χ0v) is 14.4. The third kappa shape index (κ3) is 5.13. The molecule has 0 saturated carbocycles. The van der Waals surface area contributed by atoms with Gasteiger partial charge in [-0.2, -0.15) is 0 Å². The lowest BCUT2D eigenvalue weighted by Crippen LogP contribution is -2.17. The van der Waals surface area contributed by atoms with Gasteiger partial charge in [0.15, 0.2) is 5.16 Å². The van der Waals surface area contributed by atoms with Crippen molar-refractivity contribution in [2.45, 2.75) is 37.1 Å². The van der Waals surface area contributed by atoms with Crippen molar-refractivity contribution in [1.82, 2.24) is 9.97 Å². The Bertz CT molecular complexity index is 697. The average molecular weight is 348 g/mol. The lowest BCUT2D eigenvalue weighted by molar-refractivity contribution is -0.136. The highest BCUT2D eigenvalue weighted by Gasteiger charge is 2.21. The van der Waals surface area contributed by atoms with Gasteiger partial charge in [-0.15, -0.1) is 0 Å². The number of hydrogen-bond acceptors (Lipinski definition) is 5. The van der Waals surface area contributed by atoms with Crippen molar-refractivity contribution >= 4 is 23.7 Å². The molecule has 1 atom stereocenters. The van der Waals surface area contributed by atoms with Crippen LogP contribution in [0.5, 0.6) is 0 Å². The van der Waals surface area contributed by atoms with Crippen LogP contribution in [0.1, 0.15) is 35.0 Å². The number of esters is 1. The number of carboxylic acid groups (broad SMARTS) is 1. The van der Waals surface area contributed by atoms with Crippen LogP contribution in [0.4, 0.5) is 0 Å². The van der Waals surface area contributed by atoms with Crippen LogP contribution in [-0.2, 0) is 16.0 Å². The number of aliphatic carboxylic acids is 1. The molecule has 1 aromatic heterocycles. The Morgan fingerprint density at radius 3 is 2.67 bits per heavy atom. The van der Waals surface area contributed by atoms with E-state index in [2.05, 4.69) is 9.97 Å². The second kappa shape index (κ2) is 8.54. The predicted molar refractivity (Wildman–Crippen MR) is 91.3 cm³/mol. The van der Waals surface area contributed by atoms with E-state index in [0.29, 0.717) is 18.0 Å². The quantitative estimate of drug-likeness (QED) is 0.563. The van der Waals surface area contributed by atoms with E-state index in [9.17, 15) is 14.7 Å². The number of carbonyl (C=O) groups is 2. The minimum atomic E-state index is -0.902. The smallest absolute Gasteiger partial charge is 0.356 e. The summed E-state index contributed by atoms with van der Waals surface area (Å²) in [5, 5.41) is 9.15. The summed E-state index contributed by atoms with van der Waals surface area (Å²) in [6.07, 6.45) is 2.49. The fourth-order valence-electron chi connectivity index (χ4n) is 2.10. The first-order valence-electron chi connectivity index (χ1n) is 7.66. The summed E-state index contributed by atoms with van der Waals surface area (Å²) in [4.78, 5) is 29.9. The Kier molecular flexibility index (Phi) is 6.43. The fourth-order valence-corrected chi connectivity index (χ4v) is 2.98. The molecular weight excluding hydrogens is 328 g/mol. The third-order valence-electron chi connectivity index (χ3n) is 3.39. The van der Waals surface area contributed by atoms with E-state index < -0.39 is 17.2 Å². The normalized spacial score (nSPS) is 11.9. The first kappa shape index (κ1) is 18.1. The summed E-state index contributed by atoms with van der Waals surface area (Å²) in [5.74, 6) is -1.40. The molecule has 2 aromatic rings. The zero-order chi connectivity index (χ0) is 17.5. The number of ether oxygens (including phenoxy) is 1. The topological polar surface area (TPSA) is 92.3 Å². The maximum absolute atomic E-state index is 11.6. The molecule has 0 fully saturated rings. The number of carboxylic acids is 1. The highest BCUT2D eigenvalue weighted by molar-refractivity contribution is 8.00. The van der Waals surface area contributed by atoms with Gasteiger partial charge in [0.25, 0.3) is 0 Å². The second-order valence-corrected chi connectivity index (χ2v) is 6.48. The highest BCUT2D eigenvalue weighted by atomic mass is 32.2. The molecule has 128 valence electrons. The number of aromatic amines is 1. The maximum Gasteiger partial charge on any atom is 0.356 e. The van der Waals surface area contributed by atoms with E-state index in [1.807, 2.05) is 31.2 Å². The van der Waals surface area contributed by atoms with E-state index in [1.54, 1.807) is 6.92 Å². The summed E-state index contributed by atoms with van der Waals surface area (Å²) in [7, 11) is 0. The molecule has 0 radical (unpaired) electrons. The van der Waals surface area contributed by atoms with Crippen molar-refractivity contribution in [3.63, 3.8) is 0 Å². The van der Waals surface area contributed by atoms with Crippen molar-refractivity contribution in [2.75, 3.05) is 6.61 Å². The van der Waals surface area contributed by atoms with Gasteiger partial charge in [0.2, 0.25) is 0 Å². The Hall–Kier alpha value is -2.28. The Balaban J connectivity index is 1.97. The molecule has 24 heavy (non-hydrogen) atoms. The number of aromatic nitrogens is 2. The first-order chi connectivity index (χ1) is 11.5. The molecule has 2 rings (SSSR count). The fraction of sp³-hybridized carbons (Fsp3) is 0.353. The van der Waals surface area contributed by atoms with E-state index in [-0.39, 0.29) is 12.3 Å². The first-order valence-corrected chi connectivity index (χ1v) is 8.54. The Morgan fingerprint density at radius 2 is 2.04 bits per heavy atom. The monoisotopic (exact) mass is 348 g/mol. The predicted octanol–water partition coefficient (Wildman–Crippen LogP) is 3.07. The van der Waals surface area contributed by atoms with Gasteiger partial charge in [0.1, 0.15) is 10.9 Å². The lowest BCUT2D eigenvalue weighted by Gasteiger charge is -2.10. The summed E-state index contributed by atoms with van der Waals surface area (Å²) in [6.45, 7) is 4.00. The molecule has 1 unspecified atom stereocenters. The standard InChI is InChI=1S/C17H20N2O4S/c1-3-23-16(22)13-10-18-17(19-13)24-14(15(20)21)9-8-12-6-4-11(2)5-7-12/h4-7,10,14H,3,8-9H2,1-2H3,(H,18,19)(H,20,21). The molecule has 1 heterocycles. The number of hydrogen-bond donors (Lipinski definition) is 2. The van der Waals surface area contributed by atoms with Crippen LogP contribution in [0.2, 0.25) is 0 Å². The van der Waals surface area contributed by atoms with Crippen LogP contribution in [0, 0.1) is 6.92 Å². The summed E-state index contributed by atoms with van der Waals surface area (Å²) in [6, 6.07) is 8.03. The molecule has 6 nitrogen and oxygen atoms in total. The zero-order valence-electron chi connectivity index (χ0n) is 13.6. The van der Waals surface area contributed by atoms with E-state index in [4.69, 9.17) is 4.74 Å². The molecule has 0 aliphatic heterocycles. The largest absolute Gasteiger partial charge is 0.480 e. The number of carbonyl (C=O) groups excluding carboxylic acids is 1. The summed E-state index contributed by atoms with van der Waals surface area (Å²) < 4.78 is 4.87. The second-order valence-electron chi connectivity index (χ2n) is 5.29. The van der Waals surface area contributed by atoms with E-state index in [1.165, 1.54) is 11.8 Å². The average Bonchev–Trinajstić information content (AvgIpc) is 3.01. The van der Waals surface area contributed by atoms with Crippen LogP contribution >= 0.6 is 11.8 Å². The molecular formula is C17H20N2O4S. The molecule has 0 bridgehead atoms. The third-order valence-corrected chi connectivity index (χ3v) is 4.55. The van der Waals surface area contributed by atoms with Crippen molar-refractivity contribution in [1.29, 1.82) is 0 Å². The van der Waals surface area contributed by atoms with Crippen molar-refractivity contribution < 1.29 is 19.4 Å². The number of nitrogens with one attached hydrogen (secondary N) is 1. The van der Waals surface area contributed by atoms with Crippen LogP contribution in [-0.4, -0.2) is 38.9 Å². The van der Waals surface area contributed by atoms with Crippen molar-refractivity contribution in [2.24, 2.45) is 0 Å². The van der Waals surface area contributed by atoms with E-state index in [0.717, 1.165) is 17.3 Å². The van der Waals surface area contributed by atoms with Crippen molar-refractivity contribution in [3.05, 3.63) is 47.3 Å². The minimum absolute atomic E-state index is 0.224. The molecule has 7 heteroatoms. The SMILES string of the molecule is CCOC(=O)c1cnc(SC(CCc2ccc(C)cc2)C(=O)O)[nH]1. The van der Waals surface area contributed by atoms with Gasteiger partial charge in [0, 0.05) is 0 Å². The molecule has 0 spiro atoms. The van der Waals surface area contributed by atoms with Crippen LogP contribution in [0.25, 0.3) is 0 Å². The van der Waals surface area contributed by atoms with Crippen LogP contribution < -0.4 is 0 Å². The number of aryl methyl sites for hydroxylation is 2. The van der Waals surface area contributed by atoms with Crippen molar-refractivity contribution in [3.8, 4) is 0 Å². The highest BCUT2D eigenvalue weighted by Crippen LogP contribution is 2.24. The number of nitrogens with zero attached hydrogens (tertiary/aromatic N) is 1. The van der Waals surface area contributed by atoms with Gasteiger partial charge < -0.3 is 14.8 Å². The van der Waals surface area contributed by atoms with Gasteiger partial charge in [0.05, 0.1) is 12.8 Å². The number of H-pyrrole nitrogens is 1. The molecule has 1 aromatic carbocycles. The van der Waals surface area contributed by atoms with Gasteiger partial charge in [-0.1, -0.05) is 41.6 Å². The Morgan fingerprint density at radius 1 is 1.33 bits per heavy atom. The molecule has 2 N–H and O–H groups in total. The molecule has 0 amide bonds. The molecule has 0 aliphatic rings. The van der Waals surface area contributed by atoms with Gasteiger partial charge in [-0.05, 0) is 32.3 Å². The summed E-state index contributed by atoms with van der Waals surface area (Å²) >= 11 is 1.10. The number of thioether (sulfide) groups is 1.